The highest BCUT2D eigenvalue weighted by molar-refractivity contribution is 5.74. The van der Waals surface area contributed by atoms with Crippen molar-refractivity contribution in [3.63, 3.8) is 0 Å². The Morgan fingerprint density at radius 2 is 1.88 bits per heavy atom. The van der Waals surface area contributed by atoms with Crippen LogP contribution in [0.1, 0.15) is 31.7 Å². The molecule has 138 valence electrons. The summed E-state index contributed by atoms with van der Waals surface area (Å²) < 4.78 is 0. The Labute approximate surface area is 155 Å². The van der Waals surface area contributed by atoms with Gasteiger partial charge in [-0.25, -0.2) is 9.78 Å². The molecule has 2 amide bonds. The van der Waals surface area contributed by atoms with Crippen LogP contribution < -0.4 is 15.5 Å². The summed E-state index contributed by atoms with van der Waals surface area (Å²) in [5.41, 5.74) is 1.31. The second-order valence-corrected chi connectivity index (χ2v) is 6.99. The molecule has 1 unspecified atom stereocenters. The van der Waals surface area contributed by atoms with E-state index >= 15 is 0 Å². The molecule has 1 saturated heterocycles. The van der Waals surface area contributed by atoms with Crippen LogP contribution >= 0.6 is 0 Å². The predicted molar refractivity (Wildman–Crippen MR) is 105 cm³/mol. The Balaban J connectivity index is 1.36. The second-order valence-electron chi connectivity index (χ2n) is 6.99. The van der Waals surface area contributed by atoms with Gasteiger partial charge in [-0.2, -0.15) is 0 Å². The minimum absolute atomic E-state index is 0.0538. The molecule has 0 aliphatic carbocycles. The van der Waals surface area contributed by atoms with Gasteiger partial charge in [-0.1, -0.05) is 36.4 Å². The summed E-state index contributed by atoms with van der Waals surface area (Å²) in [4.78, 5) is 18.9. The Morgan fingerprint density at radius 3 is 2.58 bits per heavy atom. The van der Waals surface area contributed by atoms with Crippen LogP contribution in [-0.4, -0.2) is 36.2 Å². The molecule has 0 saturated carbocycles. The van der Waals surface area contributed by atoms with E-state index in [1.165, 1.54) is 5.56 Å². The van der Waals surface area contributed by atoms with Crippen molar-refractivity contribution < 1.29 is 4.79 Å². The van der Waals surface area contributed by atoms with Gasteiger partial charge < -0.3 is 15.5 Å². The fourth-order valence-electron chi connectivity index (χ4n) is 3.34. The molecule has 26 heavy (non-hydrogen) atoms. The van der Waals surface area contributed by atoms with E-state index < -0.39 is 0 Å². The van der Waals surface area contributed by atoms with E-state index in [1.54, 1.807) is 0 Å². The zero-order chi connectivity index (χ0) is 18.2. The standard InChI is InChI=1S/C21H28N4O/c1-17(10-11-18-7-3-2-4-8-18)23-21(26)24-19-12-15-25(16-13-19)20-9-5-6-14-22-20/h2-9,14,17,19H,10-13,15-16H2,1H3,(H2,23,24,26). The van der Waals surface area contributed by atoms with Crippen molar-refractivity contribution in [2.75, 3.05) is 18.0 Å². The van der Waals surface area contributed by atoms with Crippen LogP contribution in [0.25, 0.3) is 0 Å². The maximum atomic E-state index is 12.2. The zero-order valence-electron chi connectivity index (χ0n) is 15.4. The molecule has 2 aromatic rings. The average Bonchev–Trinajstić information content (AvgIpc) is 2.68. The molecule has 5 heteroatoms. The fraction of sp³-hybridized carbons (Fsp3) is 0.429. The van der Waals surface area contributed by atoms with Crippen molar-refractivity contribution in [2.24, 2.45) is 0 Å². The van der Waals surface area contributed by atoms with Crippen LogP contribution in [0.15, 0.2) is 54.7 Å². The molecule has 5 nitrogen and oxygen atoms in total. The highest BCUT2D eigenvalue weighted by Crippen LogP contribution is 2.17. The summed E-state index contributed by atoms with van der Waals surface area (Å²) in [6, 6.07) is 16.7. The van der Waals surface area contributed by atoms with Gasteiger partial charge in [0.25, 0.3) is 0 Å². The van der Waals surface area contributed by atoms with E-state index in [-0.39, 0.29) is 18.1 Å². The number of hydrogen-bond donors (Lipinski definition) is 2. The number of hydrogen-bond acceptors (Lipinski definition) is 3. The molecule has 0 bridgehead atoms. The molecule has 1 aliphatic heterocycles. The van der Waals surface area contributed by atoms with Crippen molar-refractivity contribution in [1.29, 1.82) is 0 Å². The van der Waals surface area contributed by atoms with Gasteiger partial charge in [-0.05, 0) is 50.3 Å². The molecular weight excluding hydrogens is 324 g/mol. The Bertz CT molecular complexity index is 669. The van der Waals surface area contributed by atoms with Crippen LogP contribution in [0.5, 0.6) is 0 Å². The van der Waals surface area contributed by atoms with Crippen LogP contribution in [0.3, 0.4) is 0 Å². The first-order valence-electron chi connectivity index (χ1n) is 9.47. The van der Waals surface area contributed by atoms with E-state index in [0.717, 1.165) is 44.6 Å². The minimum atomic E-state index is -0.0538. The highest BCUT2D eigenvalue weighted by atomic mass is 16.2. The Hall–Kier alpha value is -2.56. The van der Waals surface area contributed by atoms with Gasteiger partial charge in [0, 0.05) is 31.4 Å². The molecule has 1 aromatic heterocycles. The topological polar surface area (TPSA) is 57.3 Å². The molecule has 1 atom stereocenters. The maximum Gasteiger partial charge on any atom is 0.315 e. The van der Waals surface area contributed by atoms with Gasteiger partial charge in [-0.3, -0.25) is 0 Å². The van der Waals surface area contributed by atoms with Gasteiger partial charge >= 0.3 is 6.03 Å². The number of aryl methyl sites for hydroxylation is 1. The number of benzene rings is 1. The van der Waals surface area contributed by atoms with E-state index in [4.69, 9.17) is 0 Å². The first kappa shape index (κ1) is 18.2. The Morgan fingerprint density at radius 1 is 1.15 bits per heavy atom. The Kier molecular flexibility index (Phi) is 6.47. The molecular formula is C21H28N4O. The number of carbonyl (C=O) groups is 1. The van der Waals surface area contributed by atoms with E-state index in [9.17, 15) is 4.79 Å². The number of nitrogens with zero attached hydrogens (tertiary/aromatic N) is 2. The quantitative estimate of drug-likeness (QED) is 0.838. The van der Waals surface area contributed by atoms with E-state index in [1.807, 2.05) is 30.5 Å². The summed E-state index contributed by atoms with van der Waals surface area (Å²) in [5, 5.41) is 6.19. The summed E-state index contributed by atoms with van der Waals surface area (Å²) >= 11 is 0. The monoisotopic (exact) mass is 352 g/mol. The number of carbonyl (C=O) groups excluding carboxylic acids is 1. The largest absolute Gasteiger partial charge is 0.356 e. The number of urea groups is 1. The maximum absolute atomic E-state index is 12.2. The molecule has 1 aliphatic rings. The summed E-state index contributed by atoms with van der Waals surface area (Å²) in [6.07, 6.45) is 5.63. The highest BCUT2D eigenvalue weighted by Gasteiger charge is 2.21. The number of piperidine rings is 1. The molecule has 0 spiro atoms. The molecule has 0 radical (unpaired) electrons. The molecule has 1 fully saturated rings. The number of anilines is 1. The normalized spacial score (nSPS) is 16.1. The summed E-state index contributed by atoms with van der Waals surface area (Å²) in [5.74, 6) is 1.02. The van der Waals surface area contributed by atoms with Crippen LogP contribution in [0.2, 0.25) is 0 Å². The molecule has 2 heterocycles. The number of pyridine rings is 1. The average molecular weight is 352 g/mol. The lowest BCUT2D eigenvalue weighted by molar-refractivity contribution is 0.230. The molecule has 2 N–H and O–H groups in total. The number of amides is 2. The van der Waals surface area contributed by atoms with Crippen molar-refractivity contribution in [2.45, 2.75) is 44.7 Å². The predicted octanol–water partition coefficient (Wildman–Crippen LogP) is 3.37. The number of aromatic nitrogens is 1. The van der Waals surface area contributed by atoms with Gasteiger partial charge in [-0.15, -0.1) is 0 Å². The summed E-state index contributed by atoms with van der Waals surface area (Å²) in [6.45, 7) is 3.91. The zero-order valence-corrected chi connectivity index (χ0v) is 15.4. The SMILES string of the molecule is CC(CCc1ccccc1)NC(=O)NC1CCN(c2ccccn2)CC1. The van der Waals surface area contributed by atoms with Crippen molar-refractivity contribution in [1.82, 2.24) is 15.6 Å². The van der Waals surface area contributed by atoms with Gasteiger partial charge in [0.05, 0.1) is 0 Å². The lowest BCUT2D eigenvalue weighted by Gasteiger charge is -2.33. The van der Waals surface area contributed by atoms with Crippen molar-refractivity contribution in [3.8, 4) is 0 Å². The lowest BCUT2D eigenvalue weighted by atomic mass is 10.0. The summed E-state index contributed by atoms with van der Waals surface area (Å²) in [7, 11) is 0. The third-order valence-electron chi connectivity index (χ3n) is 4.89. The smallest absolute Gasteiger partial charge is 0.315 e. The van der Waals surface area contributed by atoms with Crippen LogP contribution in [-0.2, 0) is 6.42 Å². The number of rotatable bonds is 6. The number of nitrogens with one attached hydrogen (secondary N) is 2. The minimum Gasteiger partial charge on any atom is -0.356 e. The second kappa shape index (κ2) is 9.22. The van der Waals surface area contributed by atoms with Gasteiger partial charge in [0.1, 0.15) is 5.82 Å². The van der Waals surface area contributed by atoms with Crippen LogP contribution in [0.4, 0.5) is 10.6 Å². The van der Waals surface area contributed by atoms with Crippen molar-refractivity contribution in [3.05, 3.63) is 60.3 Å². The van der Waals surface area contributed by atoms with Crippen molar-refractivity contribution >= 4 is 11.8 Å². The van der Waals surface area contributed by atoms with Gasteiger partial charge in [0.2, 0.25) is 0 Å². The van der Waals surface area contributed by atoms with Gasteiger partial charge in [0.15, 0.2) is 0 Å². The van der Waals surface area contributed by atoms with E-state index in [2.05, 4.69) is 51.7 Å². The van der Waals surface area contributed by atoms with E-state index in [0.29, 0.717) is 0 Å². The third-order valence-corrected chi connectivity index (χ3v) is 4.89. The first-order valence-corrected chi connectivity index (χ1v) is 9.47. The molecule has 1 aromatic carbocycles. The molecule has 3 rings (SSSR count). The van der Waals surface area contributed by atoms with Crippen LogP contribution in [0, 0.1) is 0 Å². The third kappa shape index (κ3) is 5.48. The lowest BCUT2D eigenvalue weighted by Crippen LogP contribution is -2.49. The first-order chi connectivity index (χ1) is 12.7. The fourth-order valence-corrected chi connectivity index (χ4v) is 3.34.